The number of hydrogen-bond donors (Lipinski definition) is 3. The standard InChI is InChI=1S/C18H23N3O2S/c1-2-3-11-19-18(23)21-16(22)13-20-17(15-10-7-12-24-15)14-8-5-4-6-9-14/h4-10,12,17,20H,2-3,11,13H2,1H3,(H2,19,21,22,23)/p+1/t17-/m1/s1. The first-order chi connectivity index (χ1) is 11.7. The van der Waals surface area contributed by atoms with Crippen molar-refractivity contribution in [3.05, 3.63) is 58.3 Å². The second-order valence-corrected chi connectivity index (χ2v) is 6.48. The van der Waals surface area contributed by atoms with E-state index in [0.717, 1.165) is 18.4 Å². The van der Waals surface area contributed by atoms with Gasteiger partial charge in [-0.05, 0) is 17.9 Å². The molecular weight excluding hydrogens is 322 g/mol. The van der Waals surface area contributed by atoms with Crippen LogP contribution in [-0.4, -0.2) is 25.0 Å². The Morgan fingerprint density at radius 1 is 1.17 bits per heavy atom. The molecule has 6 heteroatoms. The molecule has 4 N–H and O–H groups in total. The predicted octanol–water partition coefficient (Wildman–Crippen LogP) is 2.03. The fourth-order valence-corrected chi connectivity index (χ4v) is 3.22. The molecule has 2 rings (SSSR count). The van der Waals surface area contributed by atoms with Gasteiger partial charge in [-0.2, -0.15) is 0 Å². The van der Waals surface area contributed by atoms with Crippen LogP contribution in [0.2, 0.25) is 0 Å². The molecule has 3 amide bonds. The number of hydrogen-bond acceptors (Lipinski definition) is 3. The third-order valence-corrected chi connectivity index (χ3v) is 4.57. The molecule has 0 aliphatic carbocycles. The third-order valence-electron chi connectivity index (χ3n) is 3.62. The maximum Gasteiger partial charge on any atom is 0.321 e. The van der Waals surface area contributed by atoms with E-state index in [9.17, 15) is 9.59 Å². The van der Waals surface area contributed by atoms with Gasteiger partial charge in [0.1, 0.15) is 6.04 Å². The largest absolute Gasteiger partial charge is 0.338 e. The first-order valence-corrected chi connectivity index (χ1v) is 9.08. The number of rotatable bonds is 8. The van der Waals surface area contributed by atoms with Gasteiger partial charge < -0.3 is 10.6 Å². The molecule has 0 saturated heterocycles. The number of imide groups is 1. The first-order valence-electron chi connectivity index (χ1n) is 8.20. The summed E-state index contributed by atoms with van der Waals surface area (Å²) in [6.07, 6.45) is 1.91. The summed E-state index contributed by atoms with van der Waals surface area (Å²) in [5, 5.41) is 9.04. The highest BCUT2D eigenvalue weighted by Crippen LogP contribution is 2.22. The maximum absolute atomic E-state index is 12.0. The van der Waals surface area contributed by atoms with Crippen LogP contribution in [0.3, 0.4) is 0 Å². The van der Waals surface area contributed by atoms with Crippen LogP contribution in [0.1, 0.15) is 36.2 Å². The molecule has 1 aromatic carbocycles. The van der Waals surface area contributed by atoms with Crippen LogP contribution in [-0.2, 0) is 4.79 Å². The molecule has 128 valence electrons. The van der Waals surface area contributed by atoms with E-state index >= 15 is 0 Å². The quantitative estimate of drug-likeness (QED) is 0.640. The fraction of sp³-hybridized carbons (Fsp3) is 0.333. The van der Waals surface area contributed by atoms with Gasteiger partial charge in [-0.25, -0.2) is 4.79 Å². The van der Waals surface area contributed by atoms with Crippen LogP contribution in [0.25, 0.3) is 0 Å². The van der Waals surface area contributed by atoms with Gasteiger partial charge in [0.2, 0.25) is 0 Å². The average Bonchev–Trinajstić information content (AvgIpc) is 3.10. The molecule has 2 aromatic rings. The van der Waals surface area contributed by atoms with E-state index in [1.807, 2.05) is 41.9 Å². The van der Waals surface area contributed by atoms with Crippen LogP contribution in [0.4, 0.5) is 4.79 Å². The van der Waals surface area contributed by atoms with Crippen molar-refractivity contribution >= 4 is 23.3 Å². The molecule has 0 fully saturated rings. The van der Waals surface area contributed by atoms with Crippen LogP contribution in [0.15, 0.2) is 47.8 Å². The minimum absolute atomic E-state index is 0.0557. The first kappa shape index (κ1) is 18.2. The Balaban J connectivity index is 1.89. The Kier molecular flexibility index (Phi) is 7.45. The number of quaternary nitrogens is 1. The second kappa shape index (κ2) is 9.85. The number of nitrogens with one attached hydrogen (secondary N) is 2. The second-order valence-electron chi connectivity index (χ2n) is 5.50. The Morgan fingerprint density at radius 2 is 1.96 bits per heavy atom. The summed E-state index contributed by atoms with van der Waals surface area (Å²) in [6, 6.07) is 13.8. The molecule has 0 saturated carbocycles. The molecule has 1 atom stereocenters. The van der Waals surface area contributed by atoms with Gasteiger partial charge >= 0.3 is 6.03 Å². The number of carbonyl (C=O) groups excluding carboxylic acids is 2. The highest BCUT2D eigenvalue weighted by atomic mass is 32.1. The fourth-order valence-electron chi connectivity index (χ4n) is 2.37. The van der Waals surface area contributed by atoms with Gasteiger partial charge in [0, 0.05) is 12.1 Å². The van der Waals surface area contributed by atoms with E-state index in [4.69, 9.17) is 0 Å². The van der Waals surface area contributed by atoms with Crippen LogP contribution >= 0.6 is 11.3 Å². The summed E-state index contributed by atoms with van der Waals surface area (Å²) in [5.41, 5.74) is 1.14. The molecule has 0 bridgehead atoms. The molecule has 0 aliphatic heterocycles. The molecule has 0 radical (unpaired) electrons. The summed E-state index contributed by atoms with van der Waals surface area (Å²) in [7, 11) is 0. The Morgan fingerprint density at radius 3 is 2.62 bits per heavy atom. The average molecular weight is 346 g/mol. The minimum Gasteiger partial charge on any atom is -0.338 e. The lowest BCUT2D eigenvalue weighted by Crippen LogP contribution is -2.87. The highest BCUT2D eigenvalue weighted by molar-refractivity contribution is 7.10. The van der Waals surface area contributed by atoms with E-state index in [1.165, 1.54) is 4.88 Å². The number of thiophene rings is 1. The molecule has 0 aliphatic rings. The number of amides is 3. The lowest BCUT2D eigenvalue weighted by molar-refractivity contribution is -0.676. The van der Waals surface area contributed by atoms with Gasteiger partial charge in [0.15, 0.2) is 6.54 Å². The van der Waals surface area contributed by atoms with Crippen molar-refractivity contribution in [2.45, 2.75) is 25.8 Å². The van der Waals surface area contributed by atoms with Gasteiger partial charge in [0.25, 0.3) is 5.91 Å². The predicted molar refractivity (Wildman–Crippen MR) is 95.8 cm³/mol. The molecule has 24 heavy (non-hydrogen) atoms. The SMILES string of the molecule is CCCCNC(=O)NC(=O)C[NH2+][C@H](c1ccccc1)c1cccs1. The molecule has 0 unspecified atom stereocenters. The maximum atomic E-state index is 12.0. The summed E-state index contributed by atoms with van der Waals surface area (Å²) < 4.78 is 0. The van der Waals surface area contributed by atoms with Crippen molar-refractivity contribution in [1.29, 1.82) is 0 Å². The number of carbonyl (C=O) groups is 2. The van der Waals surface area contributed by atoms with Crippen LogP contribution < -0.4 is 16.0 Å². The smallest absolute Gasteiger partial charge is 0.321 e. The van der Waals surface area contributed by atoms with Crippen molar-refractivity contribution in [1.82, 2.24) is 10.6 Å². The summed E-state index contributed by atoms with van der Waals surface area (Å²) in [4.78, 5) is 24.8. The molecule has 0 spiro atoms. The number of benzene rings is 1. The van der Waals surface area contributed by atoms with Gasteiger partial charge in [0.05, 0.1) is 4.88 Å². The number of urea groups is 1. The van der Waals surface area contributed by atoms with Gasteiger partial charge in [-0.15, -0.1) is 11.3 Å². The van der Waals surface area contributed by atoms with E-state index < -0.39 is 6.03 Å². The van der Waals surface area contributed by atoms with E-state index in [-0.39, 0.29) is 18.5 Å². The van der Waals surface area contributed by atoms with Crippen molar-refractivity contribution < 1.29 is 14.9 Å². The van der Waals surface area contributed by atoms with Gasteiger partial charge in [-0.1, -0.05) is 49.7 Å². The van der Waals surface area contributed by atoms with Crippen molar-refractivity contribution in [2.24, 2.45) is 0 Å². The third kappa shape index (κ3) is 5.79. The Bertz CT molecular complexity index is 629. The Hall–Kier alpha value is -2.18. The normalized spacial score (nSPS) is 11.7. The highest BCUT2D eigenvalue weighted by Gasteiger charge is 2.20. The van der Waals surface area contributed by atoms with Gasteiger partial charge in [-0.3, -0.25) is 10.1 Å². The number of unbranched alkanes of at least 4 members (excludes halogenated alkanes) is 1. The summed E-state index contributed by atoms with van der Waals surface area (Å²) >= 11 is 1.66. The zero-order valence-electron chi connectivity index (χ0n) is 13.8. The van der Waals surface area contributed by atoms with Crippen molar-refractivity contribution in [2.75, 3.05) is 13.1 Å². The monoisotopic (exact) mass is 346 g/mol. The lowest BCUT2D eigenvalue weighted by atomic mass is 10.1. The van der Waals surface area contributed by atoms with Crippen LogP contribution in [0, 0.1) is 0 Å². The van der Waals surface area contributed by atoms with Crippen LogP contribution in [0.5, 0.6) is 0 Å². The molecular formula is C18H24N3O2S+. The summed E-state index contributed by atoms with van der Waals surface area (Å²) in [5.74, 6) is -0.290. The van der Waals surface area contributed by atoms with Crippen molar-refractivity contribution in [3.8, 4) is 0 Å². The lowest BCUT2D eigenvalue weighted by Gasteiger charge is -2.14. The van der Waals surface area contributed by atoms with E-state index in [1.54, 1.807) is 11.3 Å². The summed E-state index contributed by atoms with van der Waals surface area (Å²) in [6.45, 7) is 2.83. The zero-order valence-corrected chi connectivity index (χ0v) is 14.6. The Labute approximate surface area is 146 Å². The number of nitrogens with two attached hydrogens (primary N) is 1. The van der Waals surface area contributed by atoms with E-state index in [2.05, 4.69) is 28.8 Å². The minimum atomic E-state index is -0.422. The zero-order chi connectivity index (χ0) is 17.2. The molecule has 1 aromatic heterocycles. The van der Waals surface area contributed by atoms with E-state index in [0.29, 0.717) is 6.54 Å². The molecule has 5 nitrogen and oxygen atoms in total. The molecule has 1 heterocycles. The topological polar surface area (TPSA) is 74.8 Å². The van der Waals surface area contributed by atoms with Crippen molar-refractivity contribution in [3.63, 3.8) is 0 Å².